The lowest BCUT2D eigenvalue weighted by molar-refractivity contribution is -0.0593. The second kappa shape index (κ2) is 5.91. The Morgan fingerprint density at radius 3 is 3.00 bits per heavy atom. The molecule has 1 aromatic carbocycles. The summed E-state index contributed by atoms with van der Waals surface area (Å²) in [5, 5.41) is 10.4. The fourth-order valence-corrected chi connectivity index (χ4v) is 2.58. The van der Waals surface area contributed by atoms with Crippen LogP contribution < -0.4 is 0 Å². The van der Waals surface area contributed by atoms with Crippen LogP contribution in [0.1, 0.15) is 25.8 Å². The first kappa shape index (κ1) is 13.7. The molecule has 2 rings (SSSR count). The molecule has 18 heavy (non-hydrogen) atoms. The highest BCUT2D eigenvalue weighted by Crippen LogP contribution is 2.29. The summed E-state index contributed by atoms with van der Waals surface area (Å²) in [7, 11) is 0. The molecule has 1 aromatic rings. The maximum atomic E-state index is 9.96. The van der Waals surface area contributed by atoms with Crippen LogP contribution >= 0.6 is 11.6 Å². The molecule has 1 saturated heterocycles. The average Bonchev–Trinajstić information content (AvgIpc) is 2.35. The van der Waals surface area contributed by atoms with E-state index in [1.54, 1.807) is 6.07 Å². The Bertz CT molecular complexity index is 411. The Hall–Kier alpha value is -0.770. The molecule has 3 nitrogen and oxygen atoms in total. The minimum Gasteiger partial charge on any atom is -0.506 e. The summed E-state index contributed by atoms with van der Waals surface area (Å²) in [6.45, 7) is 6.62. The van der Waals surface area contributed by atoms with E-state index in [0.717, 1.165) is 31.7 Å². The smallest absolute Gasteiger partial charge is 0.138 e. The van der Waals surface area contributed by atoms with Gasteiger partial charge in [-0.1, -0.05) is 30.7 Å². The number of hydrogen-bond acceptors (Lipinski definition) is 3. The lowest BCUT2D eigenvalue weighted by Crippen LogP contribution is -2.47. The zero-order valence-corrected chi connectivity index (χ0v) is 11.7. The van der Waals surface area contributed by atoms with Gasteiger partial charge in [-0.3, -0.25) is 4.90 Å². The van der Waals surface area contributed by atoms with Gasteiger partial charge in [-0.25, -0.2) is 0 Å². The molecule has 1 aliphatic rings. The van der Waals surface area contributed by atoms with Crippen molar-refractivity contribution in [3.8, 4) is 5.75 Å². The van der Waals surface area contributed by atoms with Crippen LogP contribution in [0.25, 0.3) is 0 Å². The van der Waals surface area contributed by atoms with E-state index >= 15 is 0 Å². The van der Waals surface area contributed by atoms with Gasteiger partial charge in [0.25, 0.3) is 0 Å². The Kier molecular flexibility index (Phi) is 4.49. The third kappa shape index (κ3) is 2.97. The van der Waals surface area contributed by atoms with Crippen molar-refractivity contribution in [2.75, 3.05) is 13.2 Å². The highest BCUT2D eigenvalue weighted by atomic mass is 35.5. The molecule has 0 aromatic heterocycles. The Balaban J connectivity index is 2.13. The molecule has 0 bridgehead atoms. The van der Waals surface area contributed by atoms with E-state index in [1.165, 1.54) is 0 Å². The largest absolute Gasteiger partial charge is 0.506 e. The van der Waals surface area contributed by atoms with Gasteiger partial charge in [0.1, 0.15) is 5.75 Å². The van der Waals surface area contributed by atoms with Gasteiger partial charge in [0.2, 0.25) is 0 Å². The molecule has 100 valence electrons. The van der Waals surface area contributed by atoms with Crippen LogP contribution in [-0.2, 0) is 11.3 Å². The van der Waals surface area contributed by atoms with E-state index in [2.05, 4.69) is 18.7 Å². The molecule has 1 aliphatic heterocycles. The lowest BCUT2D eigenvalue weighted by Gasteiger charge is -2.38. The molecule has 2 atom stereocenters. The quantitative estimate of drug-likeness (QED) is 0.916. The van der Waals surface area contributed by atoms with E-state index < -0.39 is 0 Å². The number of hydrogen-bond donors (Lipinski definition) is 1. The molecular weight excluding hydrogens is 250 g/mol. The van der Waals surface area contributed by atoms with Crippen molar-refractivity contribution in [3.63, 3.8) is 0 Å². The van der Waals surface area contributed by atoms with E-state index in [0.29, 0.717) is 11.1 Å². The van der Waals surface area contributed by atoms with Crippen molar-refractivity contribution in [2.45, 2.75) is 39.0 Å². The van der Waals surface area contributed by atoms with Crippen LogP contribution in [0.2, 0.25) is 5.02 Å². The predicted octanol–water partition coefficient (Wildman–Crippen LogP) is 3.04. The van der Waals surface area contributed by atoms with Crippen LogP contribution in [0.15, 0.2) is 18.2 Å². The number of phenols is 1. The third-order valence-electron chi connectivity index (χ3n) is 3.50. The molecule has 1 heterocycles. The summed E-state index contributed by atoms with van der Waals surface area (Å²) >= 11 is 5.94. The summed E-state index contributed by atoms with van der Waals surface area (Å²) in [6, 6.07) is 5.93. The van der Waals surface area contributed by atoms with Crippen LogP contribution in [0.3, 0.4) is 0 Å². The number of benzene rings is 1. The van der Waals surface area contributed by atoms with Gasteiger partial charge in [0.15, 0.2) is 0 Å². The van der Waals surface area contributed by atoms with E-state index in [1.807, 2.05) is 12.1 Å². The lowest BCUT2D eigenvalue weighted by atomic mass is 10.1. The van der Waals surface area contributed by atoms with Gasteiger partial charge in [0.05, 0.1) is 17.7 Å². The second-order valence-corrected chi connectivity index (χ2v) is 5.29. The molecule has 0 amide bonds. The predicted molar refractivity (Wildman–Crippen MR) is 73.0 cm³/mol. The topological polar surface area (TPSA) is 32.7 Å². The van der Waals surface area contributed by atoms with Crippen molar-refractivity contribution < 1.29 is 9.84 Å². The summed E-state index contributed by atoms with van der Waals surface area (Å²) in [5.74, 6) is 0.202. The van der Waals surface area contributed by atoms with E-state index in [4.69, 9.17) is 16.3 Å². The molecule has 0 spiro atoms. The van der Waals surface area contributed by atoms with Gasteiger partial charge in [-0.05, 0) is 19.4 Å². The van der Waals surface area contributed by atoms with Crippen LogP contribution in [0, 0.1) is 0 Å². The number of para-hydroxylation sites is 1. The van der Waals surface area contributed by atoms with Gasteiger partial charge in [0, 0.05) is 24.7 Å². The van der Waals surface area contributed by atoms with Crippen molar-refractivity contribution in [1.29, 1.82) is 0 Å². The van der Waals surface area contributed by atoms with Crippen LogP contribution in [-0.4, -0.2) is 35.3 Å². The zero-order chi connectivity index (χ0) is 13.1. The number of morpholine rings is 1. The standard InChI is InChI=1S/C14H20ClNO2/c1-3-12-9-18-10(2)7-16(12)8-11-5-4-6-13(15)14(11)17/h4-6,10,12,17H,3,7-9H2,1-2H3. The van der Waals surface area contributed by atoms with Gasteiger partial charge in [-0.15, -0.1) is 0 Å². The normalized spacial score (nSPS) is 25.3. The number of aromatic hydroxyl groups is 1. The minimum atomic E-state index is 0.202. The molecule has 0 radical (unpaired) electrons. The van der Waals surface area contributed by atoms with Crippen molar-refractivity contribution >= 4 is 11.6 Å². The number of halogens is 1. The average molecular weight is 270 g/mol. The SMILES string of the molecule is CCC1COC(C)CN1Cc1cccc(Cl)c1O. The van der Waals surface area contributed by atoms with Gasteiger partial charge in [-0.2, -0.15) is 0 Å². The first-order chi connectivity index (χ1) is 8.61. The van der Waals surface area contributed by atoms with Gasteiger partial charge < -0.3 is 9.84 Å². The van der Waals surface area contributed by atoms with E-state index in [-0.39, 0.29) is 11.9 Å². The highest BCUT2D eigenvalue weighted by Gasteiger charge is 2.26. The van der Waals surface area contributed by atoms with Crippen LogP contribution in [0.4, 0.5) is 0 Å². The monoisotopic (exact) mass is 269 g/mol. The number of rotatable bonds is 3. The minimum absolute atomic E-state index is 0.202. The summed E-state index contributed by atoms with van der Waals surface area (Å²) in [5.41, 5.74) is 0.884. The Morgan fingerprint density at radius 2 is 2.28 bits per heavy atom. The third-order valence-corrected chi connectivity index (χ3v) is 3.80. The fourth-order valence-electron chi connectivity index (χ4n) is 2.39. The molecule has 2 unspecified atom stereocenters. The zero-order valence-electron chi connectivity index (χ0n) is 10.9. The summed E-state index contributed by atoms with van der Waals surface area (Å²) < 4.78 is 5.67. The highest BCUT2D eigenvalue weighted by molar-refractivity contribution is 6.32. The molecule has 0 saturated carbocycles. The molecule has 1 N–H and O–H groups in total. The maximum absolute atomic E-state index is 9.96. The number of nitrogens with zero attached hydrogens (tertiary/aromatic N) is 1. The first-order valence-electron chi connectivity index (χ1n) is 6.43. The Morgan fingerprint density at radius 1 is 1.50 bits per heavy atom. The fraction of sp³-hybridized carbons (Fsp3) is 0.571. The Labute approximate surface area is 113 Å². The maximum Gasteiger partial charge on any atom is 0.138 e. The molecular formula is C14H20ClNO2. The number of phenolic OH excluding ortho intramolecular Hbond substituents is 1. The van der Waals surface area contributed by atoms with Crippen LogP contribution in [0.5, 0.6) is 5.75 Å². The first-order valence-corrected chi connectivity index (χ1v) is 6.81. The van der Waals surface area contributed by atoms with Crippen molar-refractivity contribution in [3.05, 3.63) is 28.8 Å². The van der Waals surface area contributed by atoms with E-state index in [9.17, 15) is 5.11 Å². The van der Waals surface area contributed by atoms with Crippen molar-refractivity contribution in [1.82, 2.24) is 4.90 Å². The van der Waals surface area contributed by atoms with Gasteiger partial charge >= 0.3 is 0 Å². The number of ether oxygens (including phenoxy) is 1. The molecule has 4 heteroatoms. The van der Waals surface area contributed by atoms with Crippen molar-refractivity contribution in [2.24, 2.45) is 0 Å². The summed E-state index contributed by atoms with van der Waals surface area (Å²) in [6.07, 6.45) is 1.29. The molecule has 0 aliphatic carbocycles. The summed E-state index contributed by atoms with van der Waals surface area (Å²) in [4.78, 5) is 2.36. The second-order valence-electron chi connectivity index (χ2n) is 4.88. The molecule has 1 fully saturated rings.